The topological polar surface area (TPSA) is 94.7 Å². The summed E-state index contributed by atoms with van der Waals surface area (Å²) in [4.78, 5) is 14.7. The maximum Gasteiger partial charge on any atom is 0.487 e. The molecule has 2 heterocycles. The van der Waals surface area contributed by atoms with Crippen molar-refractivity contribution in [3.05, 3.63) is 29.5 Å². The summed E-state index contributed by atoms with van der Waals surface area (Å²) in [5.41, 5.74) is 5.52. The zero-order valence-corrected chi connectivity index (χ0v) is 12.6. The summed E-state index contributed by atoms with van der Waals surface area (Å²) in [5, 5.41) is 8.87. The van der Waals surface area contributed by atoms with Crippen molar-refractivity contribution in [3.63, 3.8) is 0 Å². The average molecular weight is 290 g/mol. The molecule has 0 saturated carbocycles. The minimum absolute atomic E-state index is 0.124. The predicted molar refractivity (Wildman–Crippen MR) is 80.7 cm³/mol. The van der Waals surface area contributed by atoms with Crippen LogP contribution in [-0.4, -0.2) is 34.4 Å². The van der Waals surface area contributed by atoms with Crippen molar-refractivity contribution in [2.45, 2.75) is 38.9 Å². The summed E-state index contributed by atoms with van der Waals surface area (Å²) in [7, 11) is -0.463. The first kappa shape index (κ1) is 15.5. The quantitative estimate of drug-likeness (QED) is 0.827. The monoisotopic (exact) mass is 290 g/mol. The molecule has 1 aliphatic rings. The van der Waals surface area contributed by atoms with Crippen molar-refractivity contribution in [2.24, 2.45) is 0 Å². The first-order valence-electron chi connectivity index (χ1n) is 6.65. The predicted octanol–water partition coefficient (Wildman–Crippen LogP) is 2.01. The van der Waals surface area contributed by atoms with Gasteiger partial charge in [0.1, 0.15) is 0 Å². The molecule has 0 unspecified atom stereocenters. The van der Waals surface area contributed by atoms with E-state index in [9.17, 15) is 4.79 Å². The van der Waals surface area contributed by atoms with E-state index in [-0.39, 0.29) is 11.4 Å². The first-order chi connectivity index (χ1) is 9.62. The van der Waals surface area contributed by atoms with Crippen LogP contribution in [0.2, 0.25) is 0 Å². The molecule has 0 aliphatic carbocycles. The van der Waals surface area contributed by atoms with Crippen LogP contribution in [0, 0.1) is 0 Å². The smallest absolute Gasteiger partial charge is 0.476 e. The Labute approximate surface area is 124 Å². The molecule has 7 heteroatoms. The van der Waals surface area contributed by atoms with Gasteiger partial charge in [0.2, 0.25) is 0 Å². The van der Waals surface area contributed by atoms with Gasteiger partial charge in [-0.1, -0.05) is 12.1 Å². The van der Waals surface area contributed by atoms with Crippen LogP contribution in [-0.2, 0) is 9.31 Å². The molecule has 0 aromatic carbocycles. The Hall–Kier alpha value is -1.86. The summed E-state index contributed by atoms with van der Waals surface area (Å²) in [6.07, 6.45) is 3.19. The molecule has 2 rings (SSSR count). The number of aromatic carboxylic acids is 1. The number of carboxylic acids is 1. The molecule has 1 saturated heterocycles. The second-order valence-corrected chi connectivity index (χ2v) is 6.00. The molecule has 1 fully saturated rings. The van der Waals surface area contributed by atoms with Crippen LogP contribution in [0.5, 0.6) is 0 Å². The van der Waals surface area contributed by atoms with Gasteiger partial charge in [-0.15, -0.1) is 0 Å². The summed E-state index contributed by atoms with van der Waals surface area (Å²) >= 11 is 0. The number of carbonyl (C=O) groups is 1. The first-order valence-corrected chi connectivity index (χ1v) is 6.65. The van der Waals surface area contributed by atoms with Gasteiger partial charge in [-0.25, -0.2) is 9.78 Å². The standard InChI is InChI=1S/C14H19BN2O4/c1-13(2)14(3,4)21-15(20-13)6-5-9-7-10(16)11(12(18)19)17-8-9/h5-8H,16H2,1-4H3,(H,18,19)/b6-5+. The lowest BCUT2D eigenvalue weighted by Crippen LogP contribution is -2.41. The number of aromatic nitrogens is 1. The van der Waals surface area contributed by atoms with E-state index in [0.29, 0.717) is 5.56 Å². The fraction of sp³-hybridized carbons (Fsp3) is 0.429. The zero-order valence-electron chi connectivity index (χ0n) is 12.6. The molecule has 1 aliphatic heterocycles. The van der Waals surface area contributed by atoms with Gasteiger partial charge in [-0.05, 0) is 39.3 Å². The van der Waals surface area contributed by atoms with Gasteiger partial charge in [0, 0.05) is 6.20 Å². The Morgan fingerprint density at radius 3 is 2.38 bits per heavy atom. The molecular weight excluding hydrogens is 271 g/mol. The summed E-state index contributed by atoms with van der Waals surface area (Å²) in [5.74, 6) is 0.613. The summed E-state index contributed by atoms with van der Waals surface area (Å²) in [6.45, 7) is 7.90. The fourth-order valence-electron chi connectivity index (χ4n) is 1.93. The molecule has 112 valence electrons. The highest BCUT2D eigenvalue weighted by Gasteiger charge is 2.49. The molecule has 0 bridgehead atoms. The Morgan fingerprint density at radius 2 is 1.90 bits per heavy atom. The number of nitrogens with zero attached hydrogens (tertiary/aromatic N) is 1. The second kappa shape index (κ2) is 5.16. The number of carboxylic acid groups (broad SMARTS) is 1. The molecule has 0 radical (unpaired) electrons. The minimum Gasteiger partial charge on any atom is -0.476 e. The average Bonchev–Trinajstić information content (AvgIpc) is 2.55. The zero-order chi connectivity index (χ0) is 15.8. The van der Waals surface area contributed by atoms with Crippen LogP contribution in [0.15, 0.2) is 18.2 Å². The number of hydrogen-bond donors (Lipinski definition) is 2. The lowest BCUT2D eigenvalue weighted by Gasteiger charge is -2.32. The van der Waals surface area contributed by atoms with Crippen LogP contribution < -0.4 is 5.73 Å². The van der Waals surface area contributed by atoms with Gasteiger partial charge in [-0.2, -0.15) is 0 Å². The minimum atomic E-state index is -1.14. The van der Waals surface area contributed by atoms with Gasteiger partial charge in [0.25, 0.3) is 0 Å². The SMILES string of the molecule is CC1(C)OB(/C=C/c2cnc(C(=O)O)c(N)c2)OC1(C)C. The maximum atomic E-state index is 10.8. The van der Waals surface area contributed by atoms with E-state index in [1.165, 1.54) is 6.20 Å². The lowest BCUT2D eigenvalue weighted by molar-refractivity contribution is 0.00578. The van der Waals surface area contributed by atoms with E-state index < -0.39 is 24.3 Å². The van der Waals surface area contributed by atoms with E-state index in [1.807, 2.05) is 27.7 Å². The number of hydrogen-bond acceptors (Lipinski definition) is 5. The molecule has 3 N–H and O–H groups in total. The Bertz CT molecular complexity index is 583. The Kier molecular flexibility index (Phi) is 3.82. The molecule has 21 heavy (non-hydrogen) atoms. The van der Waals surface area contributed by atoms with E-state index in [0.717, 1.165) is 0 Å². The Balaban J connectivity index is 2.13. The van der Waals surface area contributed by atoms with Gasteiger partial charge < -0.3 is 20.1 Å². The number of pyridine rings is 1. The van der Waals surface area contributed by atoms with Crippen molar-refractivity contribution in [3.8, 4) is 0 Å². The van der Waals surface area contributed by atoms with Crippen molar-refractivity contribution in [1.82, 2.24) is 4.98 Å². The van der Waals surface area contributed by atoms with Crippen LogP contribution in [0.25, 0.3) is 6.08 Å². The van der Waals surface area contributed by atoms with Crippen molar-refractivity contribution in [2.75, 3.05) is 5.73 Å². The number of rotatable bonds is 3. The highest BCUT2D eigenvalue weighted by molar-refractivity contribution is 6.52. The molecule has 0 spiro atoms. The number of anilines is 1. The van der Waals surface area contributed by atoms with Crippen LogP contribution >= 0.6 is 0 Å². The van der Waals surface area contributed by atoms with Gasteiger partial charge in [0.15, 0.2) is 5.69 Å². The van der Waals surface area contributed by atoms with Gasteiger partial charge in [-0.3, -0.25) is 0 Å². The largest absolute Gasteiger partial charge is 0.487 e. The summed E-state index contributed by atoms with van der Waals surface area (Å²) < 4.78 is 11.6. The molecule has 1 aromatic rings. The van der Waals surface area contributed by atoms with E-state index in [1.54, 1.807) is 18.1 Å². The van der Waals surface area contributed by atoms with Gasteiger partial charge in [0.05, 0.1) is 16.9 Å². The maximum absolute atomic E-state index is 10.8. The van der Waals surface area contributed by atoms with E-state index >= 15 is 0 Å². The molecular formula is C14H19BN2O4. The van der Waals surface area contributed by atoms with Crippen LogP contribution in [0.1, 0.15) is 43.7 Å². The van der Waals surface area contributed by atoms with E-state index in [4.69, 9.17) is 20.1 Å². The number of nitrogen functional groups attached to an aromatic ring is 1. The van der Waals surface area contributed by atoms with Crippen LogP contribution in [0.3, 0.4) is 0 Å². The Morgan fingerprint density at radius 1 is 1.33 bits per heavy atom. The third-order valence-electron chi connectivity index (χ3n) is 3.86. The molecule has 6 nitrogen and oxygen atoms in total. The lowest BCUT2D eigenvalue weighted by atomic mass is 9.89. The molecule has 1 aromatic heterocycles. The third kappa shape index (κ3) is 3.09. The molecule has 0 atom stereocenters. The van der Waals surface area contributed by atoms with Crippen molar-refractivity contribution in [1.29, 1.82) is 0 Å². The highest BCUT2D eigenvalue weighted by atomic mass is 16.7. The second-order valence-electron chi connectivity index (χ2n) is 6.00. The number of nitrogens with two attached hydrogens (primary N) is 1. The van der Waals surface area contributed by atoms with Gasteiger partial charge >= 0.3 is 13.1 Å². The molecule has 0 amide bonds. The third-order valence-corrected chi connectivity index (χ3v) is 3.86. The fourth-order valence-corrected chi connectivity index (χ4v) is 1.93. The van der Waals surface area contributed by atoms with E-state index in [2.05, 4.69) is 4.98 Å². The highest BCUT2D eigenvalue weighted by Crippen LogP contribution is 2.37. The summed E-state index contributed by atoms with van der Waals surface area (Å²) in [6, 6.07) is 1.55. The van der Waals surface area contributed by atoms with Crippen molar-refractivity contribution >= 4 is 24.9 Å². The normalized spacial score (nSPS) is 20.1. The van der Waals surface area contributed by atoms with Crippen LogP contribution in [0.4, 0.5) is 5.69 Å². The van der Waals surface area contributed by atoms with Crippen molar-refractivity contribution < 1.29 is 19.2 Å².